The van der Waals surface area contributed by atoms with Crippen molar-refractivity contribution in [2.45, 2.75) is 6.92 Å². The second-order valence-electron chi connectivity index (χ2n) is 2.85. The summed E-state index contributed by atoms with van der Waals surface area (Å²) in [5, 5.41) is 6.40. The maximum absolute atomic E-state index is 11.6. The number of hydrogen-bond donors (Lipinski definition) is 1. The molecule has 1 aromatic carbocycles. The highest BCUT2D eigenvalue weighted by molar-refractivity contribution is 6.45. The van der Waals surface area contributed by atoms with Gasteiger partial charge in [0.1, 0.15) is 7.11 Å². The highest BCUT2D eigenvalue weighted by Crippen LogP contribution is 2.01. The number of nitrogens with one attached hydrogen (secondary N) is 1. The van der Waals surface area contributed by atoms with Crippen molar-refractivity contribution in [3.8, 4) is 0 Å². The number of oxime groups is 1. The predicted octanol–water partition coefficient (Wildman–Crippen LogP) is 1.17. The van der Waals surface area contributed by atoms with Gasteiger partial charge in [-0.05, 0) is 6.92 Å². The molecule has 0 aliphatic carbocycles. The number of carbonyl (C=O) groups is 1. The lowest BCUT2D eigenvalue weighted by Gasteiger charge is -2.05. The van der Waals surface area contributed by atoms with Gasteiger partial charge in [-0.2, -0.15) is 0 Å². The SMILES string of the molecule is CCNC(=O)C(=NOC)c1ccccc1. The van der Waals surface area contributed by atoms with Crippen molar-refractivity contribution >= 4 is 11.6 Å². The zero-order chi connectivity index (χ0) is 11.1. The fourth-order valence-electron chi connectivity index (χ4n) is 1.16. The molecule has 0 aliphatic rings. The summed E-state index contributed by atoms with van der Waals surface area (Å²) in [6.45, 7) is 2.42. The molecule has 4 heteroatoms. The largest absolute Gasteiger partial charge is 0.398 e. The molecule has 0 aromatic heterocycles. The molecule has 1 aromatic rings. The molecule has 0 fully saturated rings. The number of nitrogens with zero attached hydrogens (tertiary/aromatic N) is 1. The van der Waals surface area contributed by atoms with E-state index in [1.165, 1.54) is 7.11 Å². The van der Waals surface area contributed by atoms with Crippen LogP contribution in [0, 0.1) is 0 Å². The maximum Gasteiger partial charge on any atom is 0.273 e. The van der Waals surface area contributed by atoms with Gasteiger partial charge in [0.25, 0.3) is 5.91 Å². The lowest BCUT2D eigenvalue weighted by atomic mass is 10.1. The van der Waals surface area contributed by atoms with Crippen LogP contribution in [0.3, 0.4) is 0 Å². The van der Waals surface area contributed by atoms with Crippen molar-refractivity contribution in [3.63, 3.8) is 0 Å². The topological polar surface area (TPSA) is 50.7 Å². The van der Waals surface area contributed by atoms with E-state index >= 15 is 0 Å². The molecule has 0 saturated heterocycles. The molecule has 0 heterocycles. The Morgan fingerprint density at radius 2 is 2.07 bits per heavy atom. The van der Waals surface area contributed by atoms with Crippen LogP contribution in [0.4, 0.5) is 0 Å². The number of benzene rings is 1. The normalized spacial score (nSPS) is 10.9. The third-order valence-corrected chi connectivity index (χ3v) is 1.78. The van der Waals surface area contributed by atoms with Crippen molar-refractivity contribution in [2.24, 2.45) is 5.16 Å². The van der Waals surface area contributed by atoms with Crippen LogP contribution in [-0.4, -0.2) is 25.3 Å². The number of rotatable bonds is 4. The van der Waals surface area contributed by atoms with E-state index in [1.54, 1.807) is 0 Å². The van der Waals surface area contributed by atoms with Crippen molar-refractivity contribution in [2.75, 3.05) is 13.7 Å². The van der Waals surface area contributed by atoms with Gasteiger partial charge in [-0.1, -0.05) is 35.5 Å². The average Bonchev–Trinajstić information content (AvgIpc) is 2.27. The van der Waals surface area contributed by atoms with Gasteiger partial charge >= 0.3 is 0 Å². The third-order valence-electron chi connectivity index (χ3n) is 1.78. The summed E-state index contributed by atoms with van der Waals surface area (Å²) in [6, 6.07) is 9.20. The van der Waals surface area contributed by atoms with Gasteiger partial charge in [0, 0.05) is 12.1 Å². The fraction of sp³-hybridized carbons (Fsp3) is 0.273. The Morgan fingerprint density at radius 3 is 2.60 bits per heavy atom. The van der Waals surface area contributed by atoms with Crippen molar-refractivity contribution in [3.05, 3.63) is 35.9 Å². The van der Waals surface area contributed by atoms with E-state index in [0.717, 1.165) is 5.56 Å². The summed E-state index contributed by atoms with van der Waals surface area (Å²) >= 11 is 0. The smallest absolute Gasteiger partial charge is 0.273 e. The van der Waals surface area contributed by atoms with Gasteiger partial charge in [0.2, 0.25) is 0 Å². The first-order valence-electron chi connectivity index (χ1n) is 4.74. The second kappa shape index (κ2) is 5.80. The van der Waals surface area contributed by atoms with Gasteiger partial charge in [0.05, 0.1) is 0 Å². The van der Waals surface area contributed by atoms with Crippen LogP contribution in [0.1, 0.15) is 12.5 Å². The highest BCUT2D eigenvalue weighted by Gasteiger charge is 2.13. The van der Waals surface area contributed by atoms with E-state index in [1.807, 2.05) is 37.3 Å². The summed E-state index contributed by atoms with van der Waals surface area (Å²) in [6.07, 6.45) is 0. The lowest BCUT2D eigenvalue weighted by Crippen LogP contribution is -2.31. The summed E-state index contributed by atoms with van der Waals surface area (Å²) in [5.74, 6) is -0.231. The molecule has 4 nitrogen and oxygen atoms in total. The number of carbonyl (C=O) groups excluding carboxylic acids is 1. The van der Waals surface area contributed by atoms with Crippen LogP contribution in [0.25, 0.3) is 0 Å². The van der Waals surface area contributed by atoms with Crippen LogP contribution in [0.5, 0.6) is 0 Å². The van der Waals surface area contributed by atoms with E-state index < -0.39 is 0 Å². The van der Waals surface area contributed by atoms with Crippen molar-refractivity contribution < 1.29 is 9.63 Å². The minimum absolute atomic E-state index is 0.231. The van der Waals surface area contributed by atoms with Gasteiger partial charge < -0.3 is 10.2 Å². The molecular weight excluding hydrogens is 192 g/mol. The molecule has 0 atom stereocenters. The van der Waals surface area contributed by atoms with E-state index in [4.69, 9.17) is 0 Å². The first-order valence-corrected chi connectivity index (χ1v) is 4.74. The first-order chi connectivity index (χ1) is 7.29. The summed E-state index contributed by atoms with van der Waals surface area (Å²) in [5.41, 5.74) is 1.03. The van der Waals surface area contributed by atoms with Gasteiger partial charge in [-0.25, -0.2) is 0 Å². The standard InChI is InChI=1S/C11H14N2O2/c1-3-12-11(14)10(13-15-2)9-7-5-4-6-8-9/h4-8H,3H2,1-2H3,(H,12,14). The van der Waals surface area contributed by atoms with E-state index in [-0.39, 0.29) is 5.91 Å². The molecule has 0 radical (unpaired) electrons. The van der Waals surface area contributed by atoms with E-state index in [0.29, 0.717) is 12.3 Å². The van der Waals surface area contributed by atoms with Crippen LogP contribution in [0.2, 0.25) is 0 Å². The Balaban J connectivity index is 2.94. The number of amides is 1. The number of likely N-dealkylation sites (N-methyl/N-ethyl adjacent to an activating group) is 1. The summed E-state index contributed by atoms with van der Waals surface area (Å²) in [7, 11) is 1.42. The molecule has 80 valence electrons. The maximum atomic E-state index is 11.6. The lowest BCUT2D eigenvalue weighted by molar-refractivity contribution is -0.114. The molecule has 0 spiro atoms. The van der Waals surface area contributed by atoms with Crippen molar-refractivity contribution in [1.29, 1.82) is 0 Å². The molecule has 0 saturated carbocycles. The van der Waals surface area contributed by atoms with Crippen LogP contribution >= 0.6 is 0 Å². The highest BCUT2D eigenvalue weighted by atomic mass is 16.6. The van der Waals surface area contributed by atoms with Gasteiger partial charge in [-0.3, -0.25) is 4.79 Å². The monoisotopic (exact) mass is 206 g/mol. The van der Waals surface area contributed by atoms with Crippen LogP contribution < -0.4 is 5.32 Å². The molecule has 0 aliphatic heterocycles. The minimum Gasteiger partial charge on any atom is -0.398 e. The predicted molar refractivity (Wildman–Crippen MR) is 58.7 cm³/mol. The van der Waals surface area contributed by atoms with Crippen molar-refractivity contribution in [1.82, 2.24) is 5.32 Å². The quantitative estimate of drug-likeness (QED) is 0.594. The molecule has 1 amide bonds. The Morgan fingerprint density at radius 1 is 1.40 bits per heavy atom. The van der Waals surface area contributed by atoms with Gasteiger partial charge in [0.15, 0.2) is 5.71 Å². The summed E-state index contributed by atoms with van der Waals surface area (Å²) in [4.78, 5) is 16.3. The Bertz CT molecular complexity index is 347. The molecule has 1 N–H and O–H groups in total. The Kier molecular flexibility index (Phi) is 4.34. The first kappa shape index (κ1) is 11.2. The number of hydrogen-bond acceptors (Lipinski definition) is 3. The van der Waals surface area contributed by atoms with E-state index in [2.05, 4.69) is 15.3 Å². The third kappa shape index (κ3) is 3.09. The fourth-order valence-corrected chi connectivity index (χ4v) is 1.16. The molecule has 0 bridgehead atoms. The van der Waals surface area contributed by atoms with E-state index in [9.17, 15) is 4.79 Å². The molecule has 15 heavy (non-hydrogen) atoms. The van der Waals surface area contributed by atoms with Crippen LogP contribution in [0.15, 0.2) is 35.5 Å². The Labute approximate surface area is 88.9 Å². The second-order valence-corrected chi connectivity index (χ2v) is 2.85. The molecular formula is C11H14N2O2. The summed E-state index contributed by atoms with van der Waals surface area (Å²) < 4.78 is 0. The molecule has 1 rings (SSSR count). The Hall–Kier alpha value is -1.84. The average molecular weight is 206 g/mol. The minimum atomic E-state index is -0.231. The van der Waals surface area contributed by atoms with Crippen LogP contribution in [-0.2, 0) is 9.63 Å². The molecule has 0 unspecified atom stereocenters. The van der Waals surface area contributed by atoms with Gasteiger partial charge in [-0.15, -0.1) is 0 Å². The zero-order valence-corrected chi connectivity index (χ0v) is 8.86. The zero-order valence-electron chi connectivity index (χ0n) is 8.86.